The zero-order valence-corrected chi connectivity index (χ0v) is 8.64. The van der Waals surface area contributed by atoms with Crippen molar-refractivity contribution in [1.29, 1.82) is 0 Å². The molecule has 1 unspecified atom stereocenters. The highest BCUT2D eigenvalue weighted by atomic mass is 32.2. The van der Waals surface area contributed by atoms with E-state index >= 15 is 0 Å². The van der Waals surface area contributed by atoms with Crippen LogP contribution in [-0.4, -0.2) is 23.0 Å². The summed E-state index contributed by atoms with van der Waals surface area (Å²) in [6, 6.07) is 2.83. The highest BCUT2D eigenvalue weighted by molar-refractivity contribution is 7.85. The molecule has 0 saturated carbocycles. The Morgan fingerprint density at radius 1 is 1.40 bits per heavy atom. The van der Waals surface area contributed by atoms with Crippen LogP contribution in [0.1, 0.15) is 0 Å². The number of hydrogen-bond donors (Lipinski definition) is 0. The van der Waals surface area contributed by atoms with Gasteiger partial charge in [-0.15, -0.1) is 0 Å². The Hall–Kier alpha value is -1.30. The number of rotatable bonds is 3. The maximum absolute atomic E-state index is 12.7. The molecule has 0 aliphatic heterocycles. The first-order valence-corrected chi connectivity index (χ1v) is 5.26. The molecule has 0 N–H and O–H groups in total. The fourth-order valence-corrected chi connectivity index (χ4v) is 1.82. The van der Waals surface area contributed by atoms with Crippen LogP contribution in [0, 0.1) is 11.6 Å². The molecule has 1 atom stereocenters. The molecule has 0 fully saturated rings. The molecular weight excluding hydrogens is 226 g/mol. The second-order valence-electron chi connectivity index (χ2n) is 2.64. The van der Waals surface area contributed by atoms with Crippen molar-refractivity contribution in [3.8, 4) is 0 Å². The van der Waals surface area contributed by atoms with E-state index < -0.39 is 28.4 Å². The van der Waals surface area contributed by atoms with Crippen molar-refractivity contribution in [1.82, 2.24) is 0 Å². The smallest absolute Gasteiger partial charge is 0.318 e. The molecule has 1 aromatic rings. The molecule has 0 aliphatic rings. The predicted octanol–water partition coefficient (Wildman–Crippen LogP) is 1.25. The average molecular weight is 234 g/mol. The Bertz CT molecular complexity index is 406. The van der Waals surface area contributed by atoms with Crippen LogP contribution in [0.5, 0.6) is 0 Å². The van der Waals surface area contributed by atoms with Crippen LogP contribution >= 0.6 is 0 Å². The molecule has 0 spiro atoms. The van der Waals surface area contributed by atoms with E-state index in [1.165, 1.54) is 0 Å². The maximum Gasteiger partial charge on any atom is 0.318 e. The molecule has 0 amide bonds. The van der Waals surface area contributed by atoms with Gasteiger partial charge >= 0.3 is 5.97 Å². The van der Waals surface area contributed by atoms with Crippen LogP contribution in [0.2, 0.25) is 0 Å². The predicted molar refractivity (Wildman–Crippen MR) is 49.6 cm³/mol. The zero-order valence-electron chi connectivity index (χ0n) is 7.83. The molecule has 0 saturated heterocycles. The number of ether oxygens (including phenoxy) is 1. The summed E-state index contributed by atoms with van der Waals surface area (Å²) >= 11 is 0. The second kappa shape index (κ2) is 4.97. The molecule has 3 nitrogen and oxygen atoms in total. The largest absolute Gasteiger partial charge is 0.468 e. The van der Waals surface area contributed by atoms with Gasteiger partial charge in [0.1, 0.15) is 5.75 Å². The highest BCUT2D eigenvalue weighted by Crippen LogP contribution is 2.12. The molecule has 0 aromatic heterocycles. The van der Waals surface area contributed by atoms with Gasteiger partial charge < -0.3 is 4.74 Å². The number of halogens is 2. The van der Waals surface area contributed by atoms with Gasteiger partial charge in [0.2, 0.25) is 0 Å². The highest BCUT2D eigenvalue weighted by Gasteiger charge is 2.12. The van der Waals surface area contributed by atoms with Gasteiger partial charge in [-0.1, -0.05) is 0 Å². The summed E-state index contributed by atoms with van der Waals surface area (Å²) in [5.74, 6) is -3.15. The van der Waals surface area contributed by atoms with Gasteiger partial charge in [-0.2, -0.15) is 0 Å². The van der Waals surface area contributed by atoms with E-state index in [0.29, 0.717) is 0 Å². The summed E-state index contributed by atoms with van der Waals surface area (Å²) in [7, 11) is -0.556. The van der Waals surface area contributed by atoms with E-state index in [9.17, 15) is 17.8 Å². The number of carbonyl (C=O) groups excluding carboxylic acids is 1. The second-order valence-corrected chi connectivity index (χ2v) is 4.09. The van der Waals surface area contributed by atoms with Crippen LogP contribution in [0.25, 0.3) is 0 Å². The van der Waals surface area contributed by atoms with Crippen LogP contribution < -0.4 is 0 Å². The third-order valence-electron chi connectivity index (χ3n) is 1.63. The Morgan fingerprint density at radius 2 is 2.07 bits per heavy atom. The van der Waals surface area contributed by atoms with Crippen LogP contribution in [0.3, 0.4) is 0 Å². The lowest BCUT2D eigenvalue weighted by molar-refractivity contribution is -0.137. The standard InChI is InChI=1S/C9H8F2O3S/c1-14-9(12)5-15(13)6-2-3-7(10)8(11)4-6/h2-4H,5H2,1H3. The number of hydrogen-bond acceptors (Lipinski definition) is 3. The van der Waals surface area contributed by atoms with Crippen molar-refractivity contribution in [2.75, 3.05) is 12.9 Å². The summed E-state index contributed by atoms with van der Waals surface area (Å²) < 4.78 is 41.0. The lowest BCUT2D eigenvalue weighted by atomic mass is 10.3. The monoisotopic (exact) mass is 234 g/mol. The van der Waals surface area contributed by atoms with Crippen molar-refractivity contribution in [3.05, 3.63) is 29.8 Å². The molecule has 0 heterocycles. The summed E-state index contributed by atoms with van der Waals surface area (Å²) in [5, 5.41) is 0. The molecule has 15 heavy (non-hydrogen) atoms. The third kappa shape index (κ3) is 3.09. The lowest BCUT2D eigenvalue weighted by Gasteiger charge is -2.01. The summed E-state index contributed by atoms with van der Waals surface area (Å²) in [4.78, 5) is 10.8. The SMILES string of the molecule is COC(=O)CS(=O)c1ccc(F)c(F)c1. The number of methoxy groups -OCH3 is 1. The van der Waals surface area contributed by atoms with E-state index in [2.05, 4.69) is 4.74 Å². The summed E-state index contributed by atoms with van der Waals surface area (Å²) in [6.45, 7) is 0. The van der Waals surface area contributed by atoms with Crippen LogP contribution in [0.15, 0.2) is 23.1 Å². The molecule has 6 heteroatoms. The van der Waals surface area contributed by atoms with Gasteiger partial charge in [-0.05, 0) is 18.2 Å². The van der Waals surface area contributed by atoms with Gasteiger partial charge in [0, 0.05) is 4.90 Å². The van der Waals surface area contributed by atoms with Crippen molar-refractivity contribution < 1.29 is 22.5 Å². The van der Waals surface area contributed by atoms with E-state index in [1.54, 1.807) is 0 Å². The van der Waals surface area contributed by atoms with E-state index in [0.717, 1.165) is 25.3 Å². The molecule has 1 aromatic carbocycles. The third-order valence-corrected chi connectivity index (χ3v) is 2.91. The first-order valence-electron chi connectivity index (χ1n) is 3.95. The first kappa shape index (κ1) is 11.8. The quantitative estimate of drug-likeness (QED) is 0.739. The van der Waals surface area contributed by atoms with E-state index in [1.807, 2.05) is 0 Å². The molecule has 0 aliphatic carbocycles. The Morgan fingerprint density at radius 3 is 2.60 bits per heavy atom. The molecule has 0 radical (unpaired) electrons. The van der Waals surface area contributed by atoms with Gasteiger partial charge in [-0.25, -0.2) is 8.78 Å². The zero-order chi connectivity index (χ0) is 11.4. The fraction of sp³-hybridized carbons (Fsp3) is 0.222. The summed E-state index contributed by atoms with van der Waals surface area (Å²) in [5.41, 5.74) is 0. The normalized spacial score (nSPS) is 12.2. The minimum atomic E-state index is -1.71. The average Bonchev–Trinajstić information content (AvgIpc) is 2.21. The Balaban J connectivity index is 2.83. The van der Waals surface area contributed by atoms with Gasteiger partial charge in [0.05, 0.1) is 17.9 Å². The minimum absolute atomic E-state index is 0.0549. The van der Waals surface area contributed by atoms with Gasteiger partial charge in [0.25, 0.3) is 0 Å². The van der Waals surface area contributed by atoms with Crippen molar-refractivity contribution in [2.45, 2.75) is 4.90 Å². The molecule has 1 rings (SSSR count). The molecular formula is C9H8F2O3S. The summed E-state index contributed by atoms with van der Waals surface area (Å²) in [6.07, 6.45) is 0. The number of benzene rings is 1. The van der Waals surface area contributed by atoms with Crippen LogP contribution in [0.4, 0.5) is 8.78 Å². The van der Waals surface area contributed by atoms with Gasteiger partial charge in [0.15, 0.2) is 11.6 Å². The lowest BCUT2D eigenvalue weighted by Crippen LogP contribution is -2.12. The minimum Gasteiger partial charge on any atom is -0.468 e. The first-order chi connectivity index (χ1) is 7.04. The topological polar surface area (TPSA) is 43.4 Å². The molecule has 82 valence electrons. The maximum atomic E-state index is 12.7. The van der Waals surface area contributed by atoms with E-state index in [-0.39, 0.29) is 10.6 Å². The van der Waals surface area contributed by atoms with Crippen LogP contribution in [-0.2, 0) is 20.3 Å². The van der Waals surface area contributed by atoms with Gasteiger partial charge in [-0.3, -0.25) is 9.00 Å². The van der Waals surface area contributed by atoms with E-state index in [4.69, 9.17) is 0 Å². The fourth-order valence-electron chi connectivity index (χ4n) is 0.868. The van der Waals surface area contributed by atoms with Crippen molar-refractivity contribution in [2.24, 2.45) is 0 Å². The Labute approximate surface area is 87.5 Å². The Kier molecular flexibility index (Phi) is 3.90. The van der Waals surface area contributed by atoms with Crippen molar-refractivity contribution in [3.63, 3.8) is 0 Å². The number of esters is 1. The number of carbonyl (C=O) groups is 1. The van der Waals surface area contributed by atoms with Crippen molar-refractivity contribution >= 4 is 16.8 Å². The molecule has 0 bridgehead atoms.